The van der Waals surface area contributed by atoms with Gasteiger partial charge in [-0.3, -0.25) is 48.3 Å². The van der Waals surface area contributed by atoms with Crippen LogP contribution in [0.15, 0.2) is 18.2 Å². The van der Waals surface area contributed by atoms with Crippen LogP contribution in [-0.4, -0.2) is 98.6 Å². The van der Waals surface area contributed by atoms with E-state index in [0.29, 0.717) is 0 Å². The van der Waals surface area contributed by atoms with E-state index in [0.717, 1.165) is 0 Å². The van der Waals surface area contributed by atoms with E-state index in [1.165, 1.54) is 25.1 Å². The van der Waals surface area contributed by atoms with Gasteiger partial charge in [0.2, 0.25) is 0 Å². The monoisotopic (exact) mass is 935 g/mol. The molecule has 0 spiro atoms. The molecule has 0 fully saturated rings. The molecule has 0 saturated heterocycles. The van der Waals surface area contributed by atoms with Gasteiger partial charge in [0.05, 0.1) is 25.7 Å². The van der Waals surface area contributed by atoms with E-state index in [2.05, 4.69) is 0 Å². The van der Waals surface area contributed by atoms with Crippen molar-refractivity contribution in [2.45, 2.75) is 132 Å². The third-order valence-corrected chi connectivity index (χ3v) is 12.5. The molecule has 8 N–H and O–H groups in total. The van der Waals surface area contributed by atoms with Gasteiger partial charge < -0.3 is 50.8 Å². The van der Waals surface area contributed by atoms with Crippen LogP contribution in [0.25, 0.3) is 11.0 Å². The zero-order valence-corrected chi connectivity index (χ0v) is 36.0. The van der Waals surface area contributed by atoms with Crippen molar-refractivity contribution in [3.05, 3.63) is 69.1 Å². The summed E-state index contributed by atoms with van der Waals surface area (Å²) in [7, 11) is 0. The maximum absolute atomic E-state index is 12.7. The van der Waals surface area contributed by atoms with Crippen molar-refractivity contribution in [2.75, 3.05) is 0 Å². The van der Waals surface area contributed by atoms with Crippen LogP contribution in [-0.2, 0) is 78.8 Å². The Labute approximate surface area is 375 Å². The Bertz CT molecular complexity index is 2460. The van der Waals surface area contributed by atoms with Crippen LogP contribution in [0.5, 0.6) is 0 Å². The molecule has 20 nitrogen and oxygen atoms in total. The van der Waals surface area contributed by atoms with E-state index < -0.39 is 134 Å². The standard InChI is InChI=1S/C43H49N4O16.Co/c1-19-40-23(13-37(58)59)21(5-9-33(50)51)27(46-40)14-26-20(4-8-32(48)49)22(12-36(56)57)28(44-26)15-29-24(6-10-34(52)53)42(2,17-38(60)61)31(45-29)16-30-25(7-11-35(54)55)43(3,18-39(62)63)41(19)47-30;/h14-16,20,22,24-25H,4-13,17-18H2,1-3H3,(H9,44,45,47,48,49,50,51,52,53,54,55,56,57,58,59,60,61,62,63);/q-1;+3/p-1/t20?,22?,24-,25-,42+,43+;/m1./s1. The molecule has 5 rings (SSSR count). The van der Waals surface area contributed by atoms with E-state index in [4.69, 9.17) is 19.9 Å². The molecule has 6 atom stereocenters. The molecule has 3 aliphatic rings. The molecule has 0 aromatic carbocycles. The van der Waals surface area contributed by atoms with E-state index in [9.17, 15) is 79.2 Å². The number of nitrogens with zero attached hydrogens (tertiary/aromatic N) is 4. The minimum atomic E-state index is -1.52. The summed E-state index contributed by atoms with van der Waals surface area (Å²) in [6.45, 7) is 4.62. The van der Waals surface area contributed by atoms with Gasteiger partial charge in [-0.1, -0.05) is 37.6 Å². The van der Waals surface area contributed by atoms with Gasteiger partial charge >= 0.3 is 64.5 Å². The molecule has 64 heavy (non-hydrogen) atoms. The van der Waals surface area contributed by atoms with Gasteiger partial charge in [0.25, 0.3) is 0 Å². The molecule has 0 aliphatic carbocycles. The molecule has 2 aromatic rings. The van der Waals surface area contributed by atoms with E-state index in [1.807, 2.05) is 0 Å². The first kappa shape index (κ1) is 50.3. The van der Waals surface area contributed by atoms with Gasteiger partial charge in [-0.15, -0.1) is 11.0 Å². The van der Waals surface area contributed by atoms with Gasteiger partial charge in [-0.05, 0) is 55.1 Å². The van der Waals surface area contributed by atoms with Gasteiger partial charge in [0.1, 0.15) is 0 Å². The molecule has 0 saturated carbocycles. The Hall–Kier alpha value is -6.35. The van der Waals surface area contributed by atoms with Crippen molar-refractivity contribution < 1.29 is 96.0 Å². The Kier molecular flexibility index (Phi) is 15.7. The Balaban J connectivity index is 0.00000898. The van der Waals surface area contributed by atoms with E-state index >= 15 is 0 Å². The van der Waals surface area contributed by atoms with Crippen LogP contribution in [0, 0.1) is 6.92 Å². The summed E-state index contributed by atoms with van der Waals surface area (Å²) in [4.78, 5) is 118. The SMILES string of the molecule is Cc1c2nc(cc3[n-]c(cc4nc(cc5[n-]c1c(CC(=O)O)c5CCC(=O)O)C(CCC(=O)O)C4CC(=O)O)[C@@H](CCC(=O)O)[C@]3(C)CC(=O)O)[C@@H](CCC(=O)O)[C@]2(C)CC(=O)O.[Co+3]. The number of hydrogen-bond donors (Lipinski definition) is 8. The summed E-state index contributed by atoms with van der Waals surface area (Å²) < 4.78 is 0. The minimum Gasteiger partial charge on any atom is -0.664 e. The van der Waals surface area contributed by atoms with Crippen molar-refractivity contribution in [1.82, 2.24) is 19.9 Å². The molecule has 21 heteroatoms. The quantitative estimate of drug-likeness (QED) is 0.0921. The number of carbonyl (C=O) groups is 8. The zero-order valence-electron chi connectivity index (χ0n) is 35.0. The average molecular weight is 936 g/mol. The van der Waals surface area contributed by atoms with Crippen LogP contribution in [0.2, 0.25) is 0 Å². The fourth-order valence-corrected chi connectivity index (χ4v) is 9.62. The molecule has 2 aromatic heterocycles. The molecule has 8 bridgehead atoms. The topological polar surface area (TPSA) is 352 Å². The number of carboxylic acid groups (broad SMARTS) is 8. The van der Waals surface area contributed by atoms with E-state index in [1.54, 1.807) is 13.8 Å². The van der Waals surface area contributed by atoms with Crippen LogP contribution in [0.4, 0.5) is 0 Å². The Morgan fingerprint density at radius 3 is 1.67 bits per heavy atom. The number of aromatic nitrogens is 4. The zero-order chi connectivity index (χ0) is 46.7. The number of aliphatic carboxylic acids is 8. The second-order valence-electron chi connectivity index (χ2n) is 16.8. The molecule has 0 amide bonds. The van der Waals surface area contributed by atoms with Crippen molar-refractivity contribution >= 4 is 58.8 Å². The molecular weight excluding hydrogens is 887 g/mol. The van der Waals surface area contributed by atoms with Crippen LogP contribution in [0.3, 0.4) is 0 Å². The van der Waals surface area contributed by atoms with Crippen molar-refractivity contribution in [3.8, 4) is 0 Å². The molecule has 344 valence electrons. The Morgan fingerprint density at radius 1 is 0.578 bits per heavy atom. The number of fused-ring (bicyclic) bond motifs is 8. The Morgan fingerprint density at radius 2 is 1.12 bits per heavy atom. The molecule has 2 unspecified atom stereocenters. The smallest absolute Gasteiger partial charge is 0.664 e. The predicted molar refractivity (Wildman–Crippen MR) is 215 cm³/mol. The first-order valence-corrected chi connectivity index (χ1v) is 20.1. The number of hydrogen-bond acceptors (Lipinski definition) is 10. The third-order valence-electron chi connectivity index (χ3n) is 12.5. The summed E-state index contributed by atoms with van der Waals surface area (Å²) in [6.07, 6.45) is -5.12. The van der Waals surface area contributed by atoms with E-state index in [-0.39, 0.29) is 104 Å². The summed E-state index contributed by atoms with van der Waals surface area (Å²) in [5.74, 6) is -14.0. The maximum Gasteiger partial charge on any atom is 3.00 e. The van der Waals surface area contributed by atoms with Crippen LogP contribution in [0.1, 0.15) is 153 Å². The summed E-state index contributed by atoms with van der Waals surface area (Å²) in [5, 5.41) is 80.1. The fraction of sp³-hybridized carbons (Fsp3) is 0.488. The van der Waals surface area contributed by atoms with Gasteiger partial charge in [0, 0.05) is 71.6 Å². The van der Waals surface area contributed by atoms with Gasteiger partial charge in [-0.25, -0.2) is 0 Å². The fourth-order valence-electron chi connectivity index (χ4n) is 9.62. The summed E-state index contributed by atoms with van der Waals surface area (Å²) in [5.41, 5.74) is -2.04. The van der Waals surface area contributed by atoms with Gasteiger partial charge in [0.15, 0.2) is 0 Å². The summed E-state index contributed by atoms with van der Waals surface area (Å²) in [6, 6.07) is 4.27. The molecule has 3 aliphatic heterocycles. The molecule has 5 heterocycles. The van der Waals surface area contributed by atoms with Crippen LogP contribution < -0.4 is 9.97 Å². The first-order chi connectivity index (χ1) is 29.4. The normalized spacial score (nSPS) is 21.9. The van der Waals surface area contributed by atoms with Crippen molar-refractivity contribution in [3.63, 3.8) is 0 Å². The minimum absolute atomic E-state index is 0. The largest absolute Gasteiger partial charge is 3.00 e. The third kappa shape index (κ3) is 10.9. The second-order valence-corrected chi connectivity index (χ2v) is 16.8. The number of aryl methyl sites for hydroxylation is 2. The number of carboxylic acids is 8. The maximum atomic E-state index is 12.7. The van der Waals surface area contributed by atoms with Crippen molar-refractivity contribution in [1.29, 1.82) is 0 Å². The van der Waals surface area contributed by atoms with Crippen molar-refractivity contribution in [2.24, 2.45) is 0 Å². The second kappa shape index (κ2) is 20.0. The number of rotatable bonds is 20. The van der Waals surface area contributed by atoms with Gasteiger partial charge in [-0.2, -0.15) is 11.4 Å². The average Bonchev–Trinajstić information content (AvgIpc) is 3.80. The predicted octanol–water partition coefficient (Wildman–Crippen LogP) is 4.21. The molecule has 0 radical (unpaired) electrons. The summed E-state index contributed by atoms with van der Waals surface area (Å²) >= 11 is 0. The first-order valence-electron chi connectivity index (χ1n) is 20.1. The molecular formula is C43H48CoN4O16+. The van der Waals surface area contributed by atoms with Crippen LogP contribution >= 0.6 is 0 Å².